The zero-order chi connectivity index (χ0) is 19.6. The van der Waals surface area contributed by atoms with Crippen molar-refractivity contribution in [2.45, 2.75) is 39.5 Å². The Hall–Kier alpha value is -2.89. The average molecular weight is 367 g/mol. The molecule has 1 atom stereocenters. The fourth-order valence-corrected chi connectivity index (χ4v) is 3.50. The van der Waals surface area contributed by atoms with E-state index < -0.39 is 0 Å². The number of fused-ring (bicyclic) bond motifs is 1. The third-order valence-electron chi connectivity index (χ3n) is 4.76. The first-order valence-electron chi connectivity index (χ1n) is 9.12. The van der Waals surface area contributed by atoms with Crippen LogP contribution in [-0.2, 0) is 9.59 Å². The molecule has 0 saturated carbocycles. The van der Waals surface area contributed by atoms with E-state index in [2.05, 4.69) is 15.6 Å². The predicted molar refractivity (Wildman–Crippen MR) is 105 cm³/mol. The number of carbonyl (C=O) groups is 2. The monoisotopic (exact) mass is 367 g/mol. The summed E-state index contributed by atoms with van der Waals surface area (Å²) in [5, 5.41) is 5.92. The minimum atomic E-state index is -0.142. The molecule has 0 unspecified atom stereocenters. The number of benzene rings is 1. The van der Waals surface area contributed by atoms with E-state index in [1.807, 2.05) is 45.0 Å². The van der Waals surface area contributed by atoms with E-state index in [9.17, 15) is 9.59 Å². The second-order valence-corrected chi connectivity index (χ2v) is 7.26. The van der Waals surface area contributed by atoms with E-state index in [0.717, 1.165) is 28.1 Å². The van der Waals surface area contributed by atoms with Crippen LogP contribution in [0.1, 0.15) is 49.3 Å². The van der Waals surface area contributed by atoms with Crippen molar-refractivity contribution in [1.29, 1.82) is 0 Å². The summed E-state index contributed by atoms with van der Waals surface area (Å²) in [6, 6.07) is 7.65. The van der Waals surface area contributed by atoms with Crippen molar-refractivity contribution in [2.24, 2.45) is 5.92 Å². The van der Waals surface area contributed by atoms with Crippen molar-refractivity contribution in [3.05, 3.63) is 47.2 Å². The molecule has 0 bridgehead atoms. The van der Waals surface area contributed by atoms with Crippen LogP contribution in [0.2, 0.25) is 0 Å². The minimum Gasteiger partial charge on any atom is -0.481 e. The van der Waals surface area contributed by atoms with Crippen LogP contribution in [0, 0.1) is 12.8 Å². The maximum Gasteiger partial charge on any atom is 0.225 e. The number of anilines is 2. The molecule has 2 aromatic rings. The van der Waals surface area contributed by atoms with Crippen molar-refractivity contribution in [3.63, 3.8) is 0 Å². The van der Waals surface area contributed by atoms with Crippen LogP contribution in [0.4, 0.5) is 11.4 Å². The van der Waals surface area contributed by atoms with Gasteiger partial charge < -0.3 is 15.4 Å². The van der Waals surface area contributed by atoms with Gasteiger partial charge in [-0.15, -0.1) is 0 Å². The normalized spacial score (nSPS) is 15.9. The maximum absolute atomic E-state index is 12.4. The van der Waals surface area contributed by atoms with Gasteiger partial charge in [-0.25, -0.2) is 4.98 Å². The van der Waals surface area contributed by atoms with Gasteiger partial charge in [0.25, 0.3) is 0 Å². The highest BCUT2D eigenvalue weighted by Crippen LogP contribution is 2.42. The van der Waals surface area contributed by atoms with Crippen molar-refractivity contribution < 1.29 is 14.3 Å². The number of nitrogens with one attached hydrogen (secondary N) is 2. The van der Waals surface area contributed by atoms with Crippen LogP contribution < -0.4 is 15.4 Å². The third-order valence-corrected chi connectivity index (χ3v) is 4.76. The Labute approximate surface area is 159 Å². The fourth-order valence-electron chi connectivity index (χ4n) is 3.50. The second kappa shape index (κ2) is 7.78. The van der Waals surface area contributed by atoms with Gasteiger partial charge in [-0.05, 0) is 36.1 Å². The molecular formula is C21H25N3O3. The summed E-state index contributed by atoms with van der Waals surface area (Å²) in [5.74, 6) is 0.574. The molecule has 3 rings (SSSR count). The van der Waals surface area contributed by atoms with Gasteiger partial charge in [0.05, 0.1) is 7.11 Å². The summed E-state index contributed by atoms with van der Waals surface area (Å²) in [6.07, 6.45) is 2.46. The van der Waals surface area contributed by atoms with Crippen LogP contribution in [0.5, 0.6) is 5.88 Å². The average Bonchev–Trinajstić information content (AvgIpc) is 2.63. The Kier molecular flexibility index (Phi) is 5.44. The van der Waals surface area contributed by atoms with Gasteiger partial charge in [0.2, 0.25) is 17.7 Å². The van der Waals surface area contributed by atoms with Gasteiger partial charge in [-0.3, -0.25) is 9.59 Å². The number of carbonyl (C=O) groups excluding carboxylic acids is 2. The van der Waals surface area contributed by atoms with Crippen molar-refractivity contribution >= 4 is 23.2 Å². The molecule has 0 radical (unpaired) electrons. The Bertz CT molecular complexity index is 877. The third kappa shape index (κ3) is 3.94. The molecule has 2 N–H and O–H groups in total. The zero-order valence-electron chi connectivity index (χ0n) is 16.1. The lowest BCUT2D eigenvalue weighted by Crippen LogP contribution is -2.25. The van der Waals surface area contributed by atoms with E-state index in [1.54, 1.807) is 13.3 Å². The largest absolute Gasteiger partial charge is 0.481 e. The molecule has 0 saturated heterocycles. The Morgan fingerprint density at radius 3 is 2.81 bits per heavy atom. The van der Waals surface area contributed by atoms with Crippen LogP contribution in [0.15, 0.2) is 30.5 Å². The summed E-state index contributed by atoms with van der Waals surface area (Å²) in [7, 11) is 1.58. The van der Waals surface area contributed by atoms with Gasteiger partial charge in [-0.1, -0.05) is 26.0 Å². The van der Waals surface area contributed by atoms with Gasteiger partial charge >= 0.3 is 0 Å². The lowest BCUT2D eigenvalue weighted by atomic mass is 9.83. The van der Waals surface area contributed by atoms with E-state index in [0.29, 0.717) is 18.7 Å². The summed E-state index contributed by atoms with van der Waals surface area (Å²) < 4.78 is 5.39. The first-order valence-corrected chi connectivity index (χ1v) is 9.12. The van der Waals surface area contributed by atoms with Gasteiger partial charge in [0, 0.05) is 41.9 Å². The van der Waals surface area contributed by atoms with E-state index >= 15 is 0 Å². The topological polar surface area (TPSA) is 80.3 Å². The lowest BCUT2D eigenvalue weighted by molar-refractivity contribution is -0.117. The summed E-state index contributed by atoms with van der Waals surface area (Å²) in [4.78, 5) is 28.8. The highest BCUT2D eigenvalue weighted by atomic mass is 16.5. The molecular weight excluding hydrogens is 342 g/mol. The maximum atomic E-state index is 12.4. The number of nitrogens with zero attached hydrogens (tertiary/aromatic N) is 1. The number of hydrogen-bond acceptors (Lipinski definition) is 4. The molecule has 2 heterocycles. The quantitative estimate of drug-likeness (QED) is 0.841. The number of methoxy groups -OCH3 is 1. The predicted octanol–water partition coefficient (Wildman–Crippen LogP) is 3.86. The number of ether oxygens (including phenoxy) is 1. The number of amides is 2. The number of pyridine rings is 1. The molecule has 0 fully saturated rings. The van der Waals surface area contributed by atoms with Gasteiger partial charge in [0.1, 0.15) is 0 Å². The first kappa shape index (κ1) is 18.9. The van der Waals surface area contributed by atoms with Crippen LogP contribution in [0.3, 0.4) is 0 Å². The zero-order valence-corrected chi connectivity index (χ0v) is 16.1. The number of hydrogen-bond donors (Lipinski definition) is 2. The highest BCUT2D eigenvalue weighted by molar-refractivity contribution is 5.99. The summed E-state index contributed by atoms with van der Waals surface area (Å²) in [5.41, 5.74) is 4.21. The van der Waals surface area contributed by atoms with Gasteiger partial charge in [-0.2, -0.15) is 0 Å². The standard InChI is InChI=1S/C21H25N3O3/c1-12(2)10-18(25)23-17-8-7-14-16(11-19(26)24-20(14)13(17)3)15-6-5-9-22-21(15)27-4/h5-9,12,16H,10-11H2,1-4H3,(H,23,25)(H,24,26)/t16-/m0/s1. The SMILES string of the molecule is COc1ncccc1[C@H]1CC(=O)Nc2c1ccc(NC(=O)CC(C)C)c2C. The van der Waals surface area contributed by atoms with Gasteiger partial charge in [0.15, 0.2) is 0 Å². The second-order valence-electron chi connectivity index (χ2n) is 7.26. The first-order chi connectivity index (χ1) is 12.9. The van der Waals surface area contributed by atoms with Crippen molar-refractivity contribution in [1.82, 2.24) is 4.98 Å². The van der Waals surface area contributed by atoms with Crippen LogP contribution in [0.25, 0.3) is 0 Å². The molecule has 0 aliphatic carbocycles. The molecule has 6 heteroatoms. The molecule has 6 nitrogen and oxygen atoms in total. The highest BCUT2D eigenvalue weighted by Gasteiger charge is 2.30. The smallest absolute Gasteiger partial charge is 0.225 e. The molecule has 1 aromatic heterocycles. The van der Waals surface area contributed by atoms with E-state index in [1.165, 1.54) is 0 Å². The molecule has 1 aliphatic heterocycles. The molecule has 0 spiro atoms. The number of rotatable bonds is 5. The fraction of sp³-hybridized carbons (Fsp3) is 0.381. The van der Waals surface area contributed by atoms with Crippen molar-refractivity contribution in [3.8, 4) is 5.88 Å². The molecule has 27 heavy (non-hydrogen) atoms. The molecule has 1 aromatic carbocycles. The summed E-state index contributed by atoms with van der Waals surface area (Å²) in [6.45, 7) is 5.92. The van der Waals surface area contributed by atoms with Crippen LogP contribution in [-0.4, -0.2) is 23.9 Å². The number of aromatic nitrogens is 1. The Morgan fingerprint density at radius 1 is 1.33 bits per heavy atom. The molecule has 142 valence electrons. The van der Waals surface area contributed by atoms with E-state index in [4.69, 9.17) is 4.74 Å². The Balaban J connectivity index is 2.00. The van der Waals surface area contributed by atoms with E-state index in [-0.39, 0.29) is 23.7 Å². The molecule has 1 aliphatic rings. The Morgan fingerprint density at radius 2 is 2.11 bits per heavy atom. The minimum absolute atomic E-state index is 0.0272. The van der Waals surface area contributed by atoms with Crippen molar-refractivity contribution in [2.75, 3.05) is 17.7 Å². The molecule has 2 amide bonds. The van der Waals surface area contributed by atoms with Crippen LogP contribution >= 0.6 is 0 Å². The summed E-state index contributed by atoms with van der Waals surface area (Å²) >= 11 is 0. The lowest BCUT2D eigenvalue weighted by Gasteiger charge is -2.29.